The van der Waals surface area contributed by atoms with Crippen LogP contribution in [0.3, 0.4) is 0 Å². The third-order valence-corrected chi connectivity index (χ3v) is 5.87. The number of nitrogens with zero attached hydrogens (tertiary/aromatic N) is 5. The van der Waals surface area contributed by atoms with E-state index in [1.165, 1.54) is 5.56 Å². The van der Waals surface area contributed by atoms with Crippen LogP contribution < -0.4 is 5.32 Å². The van der Waals surface area contributed by atoms with Crippen LogP contribution in [0.1, 0.15) is 66.4 Å². The lowest BCUT2D eigenvalue weighted by molar-refractivity contribution is 0.347. The van der Waals surface area contributed by atoms with Gasteiger partial charge >= 0.3 is 0 Å². The van der Waals surface area contributed by atoms with Gasteiger partial charge in [0.2, 0.25) is 5.89 Å². The summed E-state index contributed by atoms with van der Waals surface area (Å²) in [6.07, 6.45) is 4.18. The summed E-state index contributed by atoms with van der Waals surface area (Å²) in [5.41, 5.74) is 2.31. The number of nitrogens with one attached hydrogen (secondary N) is 1. The zero-order valence-corrected chi connectivity index (χ0v) is 15.9. The number of aromatic nitrogens is 5. The minimum atomic E-state index is 0.373. The number of benzene rings is 1. The van der Waals surface area contributed by atoms with Crippen LogP contribution in [0.5, 0.6) is 0 Å². The number of hydrogen-bond acceptors (Lipinski definition) is 6. The maximum absolute atomic E-state index is 6.21. The largest absolute Gasteiger partial charge is 0.340 e. The average Bonchev–Trinajstić information content (AvgIpc) is 3.25. The maximum Gasteiger partial charge on any atom is 0.223 e. The lowest BCUT2D eigenvalue weighted by Crippen LogP contribution is -2.17. The van der Waals surface area contributed by atoms with Gasteiger partial charge in [0.1, 0.15) is 5.82 Å². The molecule has 7 nitrogen and oxygen atoms in total. The molecule has 5 rings (SSSR count). The molecule has 1 saturated carbocycles. The van der Waals surface area contributed by atoms with Crippen molar-refractivity contribution in [3.05, 3.63) is 52.1 Å². The molecular formula is C19H21ClN6O. The Hall–Kier alpha value is -2.25. The Morgan fingerprint density at radius 3 is 2.70 bits per heavy atom. The highest BCUT2D eigenvalue weighted by molar-refractivity contribution is 6.30. The first-order chi connectivity index (χ1) is 13.2. The highest BCUT2D eigenvalue weighted by Crippen LogP contribution is 2.40. The van der Waals surface area contributed by atoms with Gasteiger partial charge in [-0.2, -0.15) is 4.98 Å². The van der Waals surface area contributed by atoms with Crippen molar-refractivity contribution in [1.82, 2.24) is 30.2 Å². The average molecular weight is 385 g/mol. The summed E-state index contributed by atoms with van der Waals surface area (Å²) in [7, 11) is 0. The van der Waals surface area contributed by atoms with E-state index in [0.29, 0.717) is 24.3 Å². The lowest BCUT2D eigenvalue weighted by atomic mass is 9.81. The number of halogens is 1. The normalized spacial score (nSPS) is 22.1. The molecule has 2 aromatic heterocycles. The molecule has 0 bridgehead atoms. The van der Waals surface area contributed by atoms with E-state index in [1.54, 1.807) is 0 Å². The van der Waals surface area contributed by atoms with E-state index in [4.69, 9.17) is 16.1 Å². The molecule has 1 N–H and O–H groups in total. The first kappa shape index (κ1) is 16.9. The predicted molar refractivity (Wildman–Crippen MR) is 99.9 cm³/mol. The second-order valence-electron chi connectivity index (χ2n) is 7.41. The van der Waals surface area contributed by atoms with Gasteiger partial charge in [0.25, 0.3) is 0 Å². The quantitative estimate of drug-likeness (QED) is 0.726. The Morgan fingerprint density at radius 1 is 1.11 bits per heavy atom. The summed E-state index contributed by atoms with van der Waals surface area (Å²) < 4.78 is 7.38. The van der Waals surface area contributed by atoms with Gasteiger partial charge in [-0.25, -0.2) is 0 Å². The van der Waals surface area contributed by atoms with Crippen LogP contribution in [0, 0.1) is 6.92 Å². The van der Waals surface area contributed by atoms with Crippen LogP contribution in [0.25, 0.3) is 5.69 Å². The van der Waals surface area contributed by atoms with Crippen molar-refractivity contribution >= 4 is 11.6 Å². The molecule has 0 atom stereocenters. The van der Waals surface area contributed by atoms with Crippen molar-refractivity contribution in [2.75, 3.05) is 0 Å². The van der Waals surface area contributed by atoms with Crippen LogP contribution in [0.15, 0.2) is 22.7 Å². The minimum Gasteiger partial charge on any atom is -0.340 e. The van der Waals surface area contributed by atoms with Crippen molar-refractivity contribution in [2.45, 2.75) is 57.5 Å². The molecule has 1 fully saturated rings. The van der Waals surface area contributed by atoms with E-state index < -0.39 is 0 Å². The molecule has 2 aliphatic rings. The molecule has 27 heavy (non-hydrogen) atoms. The Kier molecular flexibility index (Phi) is 4.21. The van der Waals surface area contributed by atoms with Crippen LogP contribution in [-0.4, -0.2) is 24.9 Å². The van der Waals surface area contributed by atoms with Crippen molar-refractivity contribution in [3.63, 3.8) is 0 Å². The standard InChI is InChI=1S/C19H21ClN6O/c1-11-22-18(25-27-11)12-2-4-13(5-3-12)19-24-23-17-10-21-9-14-8-15(20)6-7-16(14)26(17)19/h6-8,12-13,21H,2-5,9-10H2,1H3/t12-,13-. The summed E-state index contributed by atoms with van der Waals surface area (Å²) in [6, 6.07) is 6.04. The first-order valence-corrected chi connectivity index (χ1v) is 9.81. The van der Waals surface area contributed by atoms with E-state index in [-0.39, 0.29) is 0 Å². The van der Waals surface area contributed by atoms with Crippen LogP contribution in [0.2, 0.25) is 5.02 Å². The molecule has 0 unspecified atom stereocenters. The SMILES string of the molecule is Cc1nc([C@H]2CC[C@H](c3nnc4n3-c3ccc(Cl)cc3CNC4)CC2)no1. The van der Waals surface area contributed by atoms with Gasteiger partial charge in [-0.3, -0.25) is 4.57 Å². The highest BCUT2D eigenvalue weighted by atomic mass is 35.5. The van der Waals surface area contributed by atoms with Crippen LogP contribution >= 0.6 is 11.6 Å². The highest BCUT2D eigenvalue weighted by Gasteiger charge is 2.31. The lowest BCUT2D eigenvalue weighted by Gasteiger charge is -2.26. The summed E-state index contributed by atoms with van der Waals surface area (Å²) >= 11 is 6.21. The monoisotopic (exact) mass is 384 g/mol. The fourth-order valence-corrected chi connectivity index (χ4v) is 4.48. The minimum absolute atomic E-state index is 0.373. The van der Waals surface area contributed by atoms with Gasteiger partial charge in [0.05, 0.1) is 12.2 Å². The molecule has 1 aliphatic heterocycles. The Labute approximate surface area is 162 Å². The summed E-state index contributed by atoms with van der Waals surface area (Å²) in [6.45, 7) is 3.32. The molecule has 8 heteroatoms. The van der Waals surface area contributed by atoms with Gasteiger partial charge in [0, 0.05) is 30.3 Å². The molecule has 3 aromatic rings. The van der Waals surface area contributed by atoms with Gasteiger partial charge in [-0.05, 0) is 49.4 Å². The molecule has 3 heterocycles. The number of fused-ring (bicyclic) bond motifs is 3. The van der Waals surface area contributed by atoms with Gasteiger partial charge in [-0.1, -0.05) is 16.8 Å². The second-order valence-corrected chi connectivity index (χ2v) is 7.84. The molecule has 0 spiro atoms. The van der Waals surface area contributed by atoms with Crippen molar-refractivity contribution in [1.29, 1.82) is 0 Å². The van der Waals surface area contributed by atoms with Gasteiger partial charge < -0.3 is 9.84 Å². The predicted octanol–water partition coefficient (Wildman–Crippen LogP) is 3.66. The zero-order valence-electron chi connectivity index (χ0n) is 15.2. The molecule has 0 radical (unpaired) electrons. The summed E-state index contributed by atoms with van der Waals surface area (Å²) in [5.74, 6) is 4.25. The van der Waals surface area contributed by atoms with Gasteiger partial charge in [-0.15, -0.1) is 10.2 Å². The number of rotatable bonds is 2. The fraction of sp³-hybridized carbons (Fsp3) is 0.474. The maximum atomic E-state index is 6.21. The Morgan fingerprint density at radius 2 is 1.93 bits per heavy atom. The topological polar surface area (TPSA) is 81.7 Å². The zero-order chi connectivity index (χ0) is 18.4. The molecule has 0 saturated heterocycles. The smallest absolute Gasteiger partial charge is 0.223 e. The summed E-state index contributed by atoms with van der Waals surface area (Å²) in [5, 5.41) is 17.3. The fourth-order valence-electron chi connectivity index (χ4n) is 4.29. The van der Waals surface area contributed by atoms with E-state index in [2.05, 4.69) is 36.3 Å². The second kappa shape index (κ2) is 6.73. The number of hydrogen-bond donors (Lipinski definition) is 1. The van der Waals surface area contributed by atoms with E-state index >= 15 is 0 Å². The molecule has 0 amide bonds. The van der Waals surface area contributed by atoms with E-state index in [0.717, 1.165) is 60.4 Å². The number of aryl methyl sites for hydroxylation is 1. The van der Waals surface area contributed by atoms with Crippen LogP contribution in [-0.2, 0) is 13.1 Å². The van der Waals surface area contributed by atoms with Crippen molar-refractivity contribution < 1.29 is 4.52 Å². The molecule has 1 aromatic carbocycles. The third kappa shape index (κ3) is 3.04. The Balaban J connectivity index is 1.43. The summed E-state index contributed by atoms with van der Waals surface area (Å²) in [4.78, 5) is 4.41. The van der Waals surface area contributed by atoms with E-state index in [1.807, 2.05) is 19.1 Å². The van der Waals surface area contributed by atoms with Gasteiger partial charge in [0.15, 0.2) is 11.6 Å². The van der Waals surface area contributed by atoms with Crippen LogP contribution in [0.4, 0.5) is 0 Å². The van der Waals surface area contributed by atoms with E-state index in [9.17, 15) is 0 Å². The van der Waals surface area contributed by atoms with Crippen molar-refractivity contribution in [3.8, 4) is 5.69 Å². The van der Waals surface area contributed by atoms with Crippen molar-refractivity contribution in [2.24, 2.45) is 0 Å². The molecule has 140 valence electrons. The third-order valence-electron chi connectivity index (χ3n) is 5.64. The molecular weight excluding hydrogens is 364 g/mol. The Bertz CT molecular complexity index is 972. The first-order valence-electron chi connectivity index (χ1n) is 9.43. The molecule has 1 aliphatic carbocycles.